The summed E-state index contributed by atoms with van der Waals surface area (Å²) in [5, 5.41) is 2.96. The quantitative estimate of drug-likeness (QED) is 0.438. The molecule has 0 heterocycles. The molecule has 0 unspecified atom stereocenters. The van der Waals surface area contributed by atoms with Gasteiger partial charge in [-0.2, -0.15) is 0 Å². The molecule has 1 rings (SSSR count). The van der Waals surface area contributed by atoms with E-state index < -0.39 is 0 Å². The molecule has 0 saturated heterocycles. The number of rotatable bonds is 4. The third-order valence-electron chi connectivity index (χ3n) is 2.84. The molecule has 14 heavy (non-hydrogen) atoms. The summed E-state index contributed by atoms with van der Waals surface area (Å²) in [5.74, 6) is 1.15. The summed E-state index contributed by atoms with van der Waals surface area (Å²) in [6.45, 7) is 0.735. The van der Waals surface area contributed by atoms with Crippen LogP contribution in [0, 0.1) is 5.92 Å². The predicted octanol–water partition coefficient (Wildman–Crippen LogP) is 2.70. The van der Waals surface area contributed by atoms with Gasteiger partial charge in [-0.05, 0) is 19.3 Å². The predicted molar refractivity (Wildman–Crippen MR) is 59.5 cm³/mol. The molecule has 2 nitrogen and oxygen atoms in total. The van der Waals surface area contributed by atoms with Crippen molar-refractivity contribution in [3.8, 4) is 0 Å². The first-order valence-electron chi connectivity index (χ1n) is 5.68. The Hall–Kier alpha value is -0.240. The van der Waals surface area contributed by atoms with Crippen molar-refractivity contribution >= 4 is 17.5 Å². The molecule has 0 aliphatic heterocycles. The SMILES string of the molecule is O=C(NCCCCl)C1CCCCCC1. The fourth-order valence-corrected chi connectivity index (χ4v) is 2.10. The number of carbonyl (C=O) groups excluding carboxylic acids is 1. The molecule has 3 heteroatoms. The van der Waals surface area contributed by atoms with E-state index in [1.165, 1.54) is 25.7 Å². The summed E-state index contributed by atoms with van der Waals surface area (Å²) < 4.78 is 0. The van der Waals surface area contributed by atoms with Crippen LogP contribution in [0.3, 0.4) is 0 Å². The minimum Gasteiger partial charge on any atom is -0.356 e. The summed E-state index contributed by atoms with van der Waals surface area (Å²) in [5.41, 5.74) is 0. The topological polar surface area (TPSA) is 29.1 Å². The molecule has 0 atom stereocenters. The van der Waals surface area contributed by atoms with Gasteiger partial charge in [0.2, 0.25) is 5.91 Å². The van der Waals surface area contributed by atoms with Gasteiger partial charge >= 0.3 is 0 Å². The first-order chi connectivity index (χ1) is 6.84. The van der Waals surface area contributed by atoms with Crippen LogP contribution in [0.2, 0.25) is 0 Å². The van der Waals surface area contributed by atoms with Crippen LogP contribution in [0.1, 0.15) is 44.9 Å². The van der Waals surface area contributed by atoms with E-state index in [1.54, 1.807) is 0 Å². The highest BCUT2D eigenvalue weighted by Crippen LogP contribution is 2.22. The minimum atomic E-state index is 0.247. The highest BCUT2D eigenvalue weighted by Gasteiger charge is 2.18. The molecule has 1 N–H and O–H groups in total. The molecule has 0 aromatic carbocycles. The summed E-state index contributed by atoms with van der Waals surface area (Å²) in [6, 6.07) is 0. The van der Waals surface area contributed by atoms with Crippen molar-refractivity contribution in [2.45, 2.75) is 44.9 Å². The lowest BCUT2D eigenvalue weighted by Gasteiger charge is -2.13. The van der Waals surface area contributed by atoms with Crippen LogP contribution in [0.4, 0.5) is 0 Å². The van der Waals surface area contributed by atoms with Crippen molar-refractivity contribution in [2.75, 3.05) is 12.4 Å². The third-order valence-corrected chi connectivity index (χ3v) is 3.10. The lowest BCUT2D eigenvalue weighted by Crippen LogP contribution is -2.31. The summed E-state index contributed by atoms with van der Waals surface area (Å²) in [7, 11) is 0. The van der Waals surface area contributed by atoms with E-state index in [0.29, 0.717) is 5.88 Å². The second-order valence-corrected chi connectivity index (χ2v) is 4.40. The number of nitrogens with one attached hydrogen (secondary N) is 1. The maximum Gasteiger partial charge on any atom is 0.223 e. The number of hydrogen-bond acceptors (Lipinski definition) is 1. The molecule has 1 aliphatic carbocycles. The summed E-state index contributed by atoms with van der Waals surface area (Å²) in [6.07, 6.45) is 8.05. The van der Waals surface area contributed by atoms with Crippen molar-refractivity contribution in [1.82, 2.24) is 5.32 Å². The Kier molecular flexibility index (Phi) is 6.00. The molecule has 0 aromatic rings. The number of amides is 1. The van der Waals surface area contributed by atoms with Gasteiger partial charge in [0, 0.05) is 18.3 Å². The normalized spacial score (nSPS) is 18.9. The maximum atomic E-state index is 11.7. The Morgan fingerprint density at radius 1 is 1.21 bits per heavy atom. The van der Waals surface area contributed by atoms with E-state index in [4.69, 9.17) is 11.6 Å². The van der Waals surface area contributed by atoms with Crippen molar-refractivity contribution in [3.63, 3.8) is 0 Å². The fourth-order valence-electron chi connectivity index (χ4n) is 1.96. The van der Waals surface area contributed by atoms with E-state index in [2.05, 4.69) is 5.32 Å². The van der Waals surface area contributed by atoms with E-state index in [0.717, 1.165) is 25.8 Å². The maximum absolute atomic E-state index is 11.7. The molecule has 82 valence electrons. The van der Waals surface area contributed by atoms with Crippen LogP contribution in [0.25, 0.3) is 0 Å². The van der Waals surface area contributed by atoms with E-state index >= 15 is 0 Å². The molecule has 1 amide bonds. The third kappa shape index (κ3) is 4.32. The van der Waals surface area contributed by atoms with Gasteiger partial charge in [0.15, 0.2) is 0 Å². The van der Waals surface area contributed by atoms with Gasteiger partial charge in [-0.25, -0.2) is 0 Å². The first-order valence-corrected chi connectivity index (χ1v) is 6.21. The zero-order chi connectivity index (χ0) is 10.2. The Bertz CT molecular complexity index is 165. The van der Waals surface area contributed by atoms with Crippen LogP contribution < -0.4 is 5.32 Å². The van der Waals surface area contributed by atoms with Gasteiger partial charge in [-0.1, -0.05) is 25.7 Å². The van der Waals surface area contributed by atoms with Gasteiger partial charge in [0.05, 0.1) is 0 Å². The number of alkyl halides is 1. The monoisotopic (exact) mass is 217 g/mol. The van der Waals surface area contributed by atoms with Crippen molar-refractivity contribution in [1.29, 1.82) is 0 Å². The fraction of sp³-hybridized carbons (Fsp3) is 0.909. The number of hydrogen-bond donors (Lipinski definition) is 1. The average molecular weight is 218 g/mol. The van der Waals surface area contributed by atoms with Crippen LogP contribution in [-0.2, 0) is 4.79 Å². The largest absolute Gasteiger partial charge is 0.356 e. The molecule has 0 aromatic heterocycles. The van der Waals surface area contributed by atoms with Crippen molar-refractivity contribution in [3.05, 3.63) is 0 Å². The zero-order valence-corrected chi connectivity index (χ0v) is 9.48. The molecule has 0 spiro atoms. The van der Waals surface area contributed by atoms with Crippen LogP contribution in [0.15, 0.2) is 0 Å². The van der Waals surface area contributed by atoms with E-state index in [-0.39, 0.29) is 11.8 Å². The second-order valence-electron chi connectivity index (χ2n) is 4.02. The Labute approximate surface area is 91.4 Å². The number of carbonyl (C=O) groups is 1. The van der Waals surface area contributed by atoms with Crippen molar-refractivity contribution in [2.24, 2.45) is 5.92 Å². The Balaban J connectivity index is 2.20. The van der Waals surface area contributed by atoms with Gasteiger partial charge < -0.3 is 5.32 Å². The second kappa shape index (κ2) is 7.10. The molecule has 0 bridgehead atoms. The summed E-state index contributed by atoms with van der Waals surface area (Å²) in [4.78, 5) is 11.7. The molecule has 1 saturated carbocycles. The Morgan fingerprint density at radius 2 is 1.86 bits per heavy atom. The lowest BCUT2D eigenvalue weighted by molar-refractivity contribution is -0.125. The Morgan fingerprint density at radius 3 is 2.43 bits per heavy atom. The standard InChI is InChI=1S/C11H20ClNO/c12-8-5-9-13-11(14)10-6-3-1-2-4-7-10/h10H,1-9H2,(H,13,14). The molecule has 1 fully saturated rings. The van der Waals surface area contributed by atoms with Gasteiger partial charge in [-0.15, -0.1) is 11.6 Å². The van der Waals surface area contributed by atoms with E-state index in [9.17, 15) is 4.79 Å². The van der Waals surface area contributed by atoms with Crippen LogP contribution in [0.5, 0.6) is 0 Å². The number of halogens is 1. The van der Waals surface area contributed by atoms with E-state index in [1.807, 2.05) is 0 Å². The molecular formula is C11H20ClNO. The van der Waals surface area contributed by atoms with Gasteiger partial charge in [0.1, 0.15) is 0 Å². The van der Waals surface area contributed by atoms with Crippen LogP contribution >= 0.6 is 11.6 Å². The lowest BCUT2D eigenvalue weighted by atomic mass is 9.99. The van der Waals surface area contributed by atoms with Gasteiger partial charge in [-0.3, -0.25) is 4.79 Å². The highest BCUT2D eigenvalue weighted by atomic mass is 35.5. The van der Waals surface area contributed by atoms with Gasteiger partial charge in [0.25, 0.3) is 0 Å². The van der Waals surface area contributed by atoms with Crippen LogP contribution in [-0.4, -0.2) is 18.3 Å². The molecular weight excluding hydrogens is 198 g/mol. The van der Waals surface area contributed by atoms with Crippen molar-refractivity contribution < 1.29 is 4.79 Å². The summed E-state index contributed by atoms with van der Waals surface area (Å²) >= 11 is 5.55. The molecule has 0 radical (unpaired) electrons. The smallest absolute Gasteiger partial charge is 0.223 e. The average Bonchev–Trinajstić information content (AvgIpc) is 2.46. The molecule has 1 aliphatic rings. The minimum absolute atomic E-state index is 0.247. The zero-order valence-electron chi connectivity index (χ0n) is 8.73. The first kappa shape index (κ1) is 11.8. The highest BCUT2D eigenvalue weighted by molar-refractivity contribution is 6.17.